The predicted molar refractivity (Wildman–Crippen MR) is 219 cm³/mol. The highest BCUT2D eigenvalue weighted by Gasteiger charge is 2.16. The zero-order valence-corrected chi connectivity index (χ0v) is 28.5. The molecular weight excluding hydrogens is 647 g/mol. The number of furan rings is 1. The Bertz CT molecular complexity index is 3230. The summed E-state index contributed by atoms with van der Waals surface area (Å²) in [6.07, 6.45) is 0. The van der Waals surface area contributed by atoms with Gasteiger partial charge in [-0.25, -0.2) is 15.0 Å². The number of fused-ring (bicyclic) bond motifs is 9. The van der Waals surface area contributed by atoms with Crippen LogP contribution in [0.25, 0.3) is 110 Å². The second-order valence-corrected chi connectivity index (χ2v) is 13.6. The van der Waals surface area contributed by atoms with E-state index in [1.807, 2.05) is 24.3 Å². The largest absolute Gasteiger partial charge is 0.456 e. The van der Waals surface area contributed by atoms with Crippen molar-refractivity contribution in [2.45, 2.75) is 0 Å². The summed E-state index contributed by atoms with van der Waals surface area (Å²) in [5, 5.41) is 11.9. The highest BCUT2D eigenvalue weighted by atomic mass is 16.3. The van der Waals surface area contributed by atoms with Crippen molar-refractivity contribution in [3.63, 3.8) is 0 Å². The van der Waals surface area contributed by atoms with Gasteiger partial charge in [-0.15, -0.1) is 0 Å². The first-order valence-electron chi connectivity index (χ1n) is 17.8. The molecule has 0 amide bonds. The van der Waals surface area contributed by atoms with Crippen LogP contribution in [0.15, 0.2) is 180 Å². The lowest BCUT2D eigenvalue weighted by Gasteiger charge is -2.11. The first-order chi connectivity index (χ1) is 26.2. The molecule has 9 aromatic carbocycles. The second-order valence-electron chi connectivity index (χ2n) is 13.6. The van der Waals surface area contributed by atoms with Gasteiger partial charge in [0.25, 0.3) is 0 Å². The minimum absolute atomic E-state index is 0.593. The van der Waals surface area contributed by atoms with Crippen LogP contribution in [0.2, 0.25) is 0 Å². The molecule has 0 bridgehead atoms. The Balaban J connectivity index is 1.06. The van der Waals surface area contributed by atoms with Crippen molar-refractivity contribution < 1.29 is 4.42 Å². The van der Waals surface area contributed by atoms with Crippen LogP contribution in [0.5, 0.6) is 0 Å². The van der Waals surface area contributed by atoms with Gasteiger partial charge in [-0.3, -0.25) is 0 Å². The fourth-order valence-electron chi connectivity index (χ4n) is 7.78. The van der Waals surface area contributed by atoms with Crippen LogP contribution in [-0.4, -0.2) is 15.0 Å². The van der Waals surface area contributed by atoms with E-state index < -0.39 is 0 Å². The van der Waals surface area contributed by atoms with E-state index in [0.29, 0.717) is 17.5 Å². The highest BCUT2D eigenvalue weighted by Crippen LogP contribution is 2.36. The van der Waals surface area contributed by atoms with Crippen molar-refractivity contribution in [3.8, 4) is 45.3 Å². The number of para-hydroxylation sites is 1. The van der Waals surface area contributed by atoms with E-state index in [2.05, 4.69) is 152 Å². The van der Waals surface area contributed by atoms with Gasteiger partial charge in [-0.1, -0.05) is 146 Å². The molecule has 0 saturated heterocycles. The average molecular weight is 676 g/mol. The number of rotatable bonds is 4. The van der Waals surface area contributed by atoms with Crippen LogP contribution in [-0.2, 0) is 0 Å². The molecule has 4 heteroatoms. The summed E-state index contributed by atoms with van der Waals surface area (Å²) < 4.78 is 6.27. The molecule has 2 aromatic heterocycles. The summed E-state index contributed by atoms with van der Waals surface area (Å²) in [7, 11) is 0. The first kappa shape index (κ1) is 29.5. The van der Waals surface area contributed by atoms with Gasteiger partial charge in [-0.2, -0.15) is 0 Å². The van der Waals surface area contributed by atoms with Gasteiger partial charge in [0.05, 0.1) is 0 Å². The SMILES string of the molecule is c1ccc2cc(-c3ccc(-c4nc(-c5ccc6c(ccc7ccc8ccccc8c76)c5)nc(-c5ccc6c(c5)oc5ccccc56)n4)cc3)ccc2c1. The number of benzene rings is 9. The standard InChI is InChI=1S/C49H29N3O/c1-2-9-35-27-36(21-15-30(35)7-1)31-13-19-34(20-14-31)47-50-48(52-49(51-47)39-24-26-43-42-11-5-6-12-44(42)53-45(43)29-39)38-23-25-41-37(28-38)22-18-33-17-16-32-8-3-4-10-40(32)46(33)41/h1-29H. The minimum Gasteiger partial charge on any atom is -0.456 e. The number of aromatic nitrogens is 3. The van der Waals surface area contributed by atoms with Crippen molar-refractivity contribution in [3.05, 3.63) is 176 Å². The van der Waals surface area contributed by atoms with Crippen molar-refractivity contribution in [1.82, 2.24) is 15.0 Å². The molecule has 0 aliphatic carbocycles. The van der Waals surface area contributed by atoms with Crippen LogP contribution < -0.4 is 0 Å². The third-order valence-electron chi connectivity index (χ3n) is 10.5. The summed E-state index contributed by atoms with van der Waals surface area (Å²) in [6.45, 7) is 0. The maximum Gasteiger partial charge on any atom is 0.164 e. The van der Waals surface area contributed by atoms with E-state index in [1.165, 1.54) is 43.3 Å². The molecule has 0 aliphatic rings. The lowest BCUT2D eigenvalue weighted by Crippen LogP contribution is -2.00. The molecule has 4 nitrogen and oxygen atoms in total. The Morgan fingerprint density at radius 3 is 1.58 bits per heavy atom. The van der Waals surface area contributed by atoms with Gasteiger partial charge >= 0.3 is 0 Å². The van der Waals surface area contributed by atoms with Crippen LogP contribution >= 0.6 is 0 Å². The topological polar surface area (TPSA) is 51.8 Å². The molecule has 0 saturated carbocycles. The van der Waals surface area contributed by atoms with Crippen LogP contribution in [0, 0.1) is 0 Å². The van der Waals surface area contributed by atoms with Gasteiger partial charge in [0.15, 0.2) is 17.5 Å². The Morgan fingerprint density at radius 2 is 0.774 bits per heavy atom. The molecular formula is C49H29N3O. The molecule has 0 spiro atoms. The van der Waals surface area contributed by atoms with Crippen molar-refractivity contribution in [1.29, 1.82) is 0 Å². The molecule has 0 fully saturated rings. The van der Waals surface area contributed by atoms with E-state index >= 15 is 0 Å². The first-order valence-corrected chi connectivity index (χ1v) is 17.8. The lowest BCUT2D eigenvalue weighted by molar-refractivity contribution is 0.669. The van der Waals surface area contributed by atoms with Crippen molar-refractivity contribution in [2.24, 2.45) is 0 Å². The molecule has 11 rings (SSSR count). The summed E-state index contributed by atoms with van der Waals surface area (Å²) in [5.74, 6) is 1.83. The van der Waals surface area contributed by atoms with Crippen molar-refractivity contribution in [2.75, 3.05) is 0 Å². The fraction of sp³-hybridized carbons (Fsp3) is 0. The van der Waals surface area contributed by atoms with Gasteiger partial charge in [0.1, 0.15) is 11.2 Å². The van der Waals surface area contributed by atoms with E-state index in [4.69, 9.17) is 19.4 Å². The smallest absolute Gasteiger partial charge is 0.164 e. The molecule has 0 unspecified atom stereocenters. The summed E-state index contributed by atoms with van der Waals surface area (Å²) >= 11 is 0. The van der Waals surface area contributed by atoms with Gasteiger partial charge in [-0.05, 0) is 84.5 Å². The van der Waals surface area contributed by atoms with E-state index in [-0.39, 0.29) is 0 Å². The molecule has 246 valence electrons. The Labute approximate surface area is 304 Å². The summed E-state index contributed by atoms with van der Waals surface area (Å²) in [4.78, 5) is 15.3. The molecule has 0 radical (unpaired) electrons. The molecule has 2 heterocycles. The second kappa shape index (κ2) is 11.7. The van der Waals surface area contributed by atoms with Crippen LogP contribution in [0.4, 0.5) is 0 Å². The maximum atomic E-state index is 6.27. The third kappa shape index (κ3) is 4.95. The van der Waals surface area contributed by atoms with E-state index in [0.717, 1.165) is 49.6 Å². The van der Waals surface area contributed by atoms with Crippen LogP contribution in [0.3, 0.4) is 0 Å². The van der Waals surface area contributed by atoms with Crippen molar-refractivity contribution >= 4 is 65.0 Å². The zero-order chi connectivity index (χ0) is 34.9. The van der Waals surface area contributed by atoms with Crippen LogP contribution in [0.1, 0.15) is 0 Å². The van der Waals surface area contributed by atoms with E-state index in [9.17, 15) is 0 Å². The fourth-order valence-corrected chi connectivity index (χ4v) is 7.78. The minimum atomic E-state index is 0.593. The van der Waals surface area contributed by atoms with Gasteiger partial charge < -0.3 is 4.42 Å². The number of hydrogen-bond acceptors (Lipinski definition) is 4. The lowest BCUT2D eigenvalue weighted by atomic mass is 9.95. The molecule has 53 heavy (non-hydrogen) atoms. The summed E-state index contributed by atoms with van der Waals surface area (Å²) in [5.41, 5.74) is 6.69. The van der Waals surface area contributed by atoms with E-state index in [1.54, 1.807) is 0 Å². The maximum absolute atomic E-state index is 6.27. The number of hydrogen-bond donors (Lipinski definition) is 0. The molecule has 0 atom stereocenters. The predicted octanol–water partition coefficient (Wildman–Crippen LogP) is 13.1. The zero-order valence-electron chi connectivity index (χ0n) is 28.5. The molecule has 11 aromatic rings. The Hall–Kier alpha value is -7.17. The summed E-state index contributed by atoms with van der Waals surface area (Å²) in [6, 6.07) is 61.8. The Kier molecular flexibility index (Phi) is 6.52. The van der Waals surface area contributed by atoms with Gasteiger partial charge in [0, 0.05) is 27.5 Å². The monoisotopic (exact) mass is 675 g/mol. The normalized spacial score (nSPS) is 11.8. The molecule has 0 N–H and O–H groups in total. The third-order valence-corrected chi connectivity index (χ3v) is 10.5. The Morgan fingerprint density at radius 1 is 0.283 bits per heavy atom. The molecule has 0 aliphatic heterocycles. The quantitative estimate of drug-likeness (QED) is 0.174. The highest BCUT2D eigenvalue weighted by molar-refractivity contribution is 6.20. The average Bonchev–Trinajstić information content (AvgIpc) is 3.61. The van der Waals surface area contributed by atoms with Gasteiger partial charge in [0.2, 0.25) is 0 Å². The number of nitrogens with zero attached hydrogens (tertiary/aromatic N) is 3.